The van der Waals surface area contributed by atoms with E-state index in [9.17, 15) is 9.59 Å². The van der Waals surface area contributed by atoms with Crippen LogP contribution < -0.4 is 5.32 Å². The number of aryl methyl sites for hydroxylation is 1. The van der Waals surface area contributed by atoms with Gasteiger partial charge in [0.1, 0.15) is 5.69 Å². The Morgan fingerprint density at radius 2 is 2.31 bits per heavy atom. The van der Waals surface area contributed by atoms with Crippen LogP contribution in [0.3, 0.4) is 0 Å². The molecule has 3 rings (SSSR count). The van der Waals surface area contributed by atoms with Crippen molar-refractivity contribution in [1.82, 2.24) is 9.88 Å². The Morgan fingerprint density at radius 3 is 3.00 bits per heavy atom. The summed E-state index contributed by atoms with van der Waals surface area (Å²) in [6.07, 6.45) is 5.02. The second-order valence-corrected chi connectivity index (χ2v) is 6.68. The van der Waals surface area contributed by atoms with Crippen LogP contribution in [0.4, 0.5) is 0 Å². The Hall–Kier alpha value is -2.28. The average Bonchev–Trinajstić information content (AvgIpc) is 3.36. The minimum Gasteiger partial charge on any atom is -0.463 e. The number of unbranched alkanes of at least 4 members (excludes halogenated alkanes) is 1. The zero-order valence-corrected chi connectivity index (χ0v) is 15.3. The summed E-state index contributed by atoms with van der Waals surface area (Å²) in [4.78, 5) is 25.1. The lowest BCUT2D eigenvalue weighted by atomic mass is 10.1. The highest BCUT2D eigenvalue weighted by Gasteiger charge is 2.26. The normalized spacial score (nSPS) is 18.2. The van der Waals surface area contributed by atoms with Crippen molar-refractivity contribution >= 4 is 23.0 Å². The predicted molar refractivity (Wildman–Crippen MR) is 95.9 cm³/mol. The molecule has 142 valence electrons. The first-order valence-corrected chi connectivity index (χ1v) is 9.23. The van der Waals surface area contributed by atoms with Crippen molar-refractivity contribution in [1.29, 1.82) is 0 Å². The number of nitrogens with zero attached hydrogens (tertiary/aromatic N) is 1. The molecule has 7 heteroatoms. The van der Waals surface area contributed by atoms with Gasteiger partial charge >= 0.3 is 5.97 Å². The molecule has 2 aromatic rings. The van der Waals surface area contributed by atoms with Crippen LogP contribution in [0.2, 0.25) is 0 Å². The molecule has 1 fully saturated rings. The van der Waals surface area contributed by atoms with E-state index in [1.54, 1.807) is 30.0 Å². The summed E-state index contributed by atoms with van der Waals surface area (Å²) in [5.74, 6) is -0.785. The van der Waals surface area contributed by atoms with Gasteiger partial charge in [-0.2, -0.15) is 0 Å². The van der Waals surface area contributed by atoms with Crippen molar-refractivity contribution in [2.45, 2.75) is 51.2 Å². The number of carbonyl (C=O) groups excluding carboxylic acids is 2. The van der Waals surface area contributed by atoms with Gasteiger partial charge in [0.25, 0.3) is 5.91 Å². The lowest BCUT2D eigenvalue weighted by Crippen LogP contribution is -2.41. The molecule has 0 aliphatic carbocycles. The van der Waals surface area contributed by atoms with Crippen LogP contribution in [-0.4, -0.2) is 41.8 Å². The van der Waals surface area contributed by atoms with Crippen molar-refractivity contribution in [2.75, 3.05) is 13.2 Å². The van der Waals surface area contributed by atoms with E-state index in [0.717, 1.165) is 37.8 Å². The Bertz CT molecular complexity index is 757. The molecule has 0 aromatic carbocycles. The van der Waals surface area contributed by atoms with Crippen LogP contribution in [-0.2, 0) is 21.3 Å². The van der Waals surface area contributed by atoms with E-state index in [4.69, 9.17) is 13.9 Å². The minimum atomic E-state index is -0.801. The van der Waals surface area contributed by atoms with Crippen molar-refractivity contribution in [3.05, 3.63) is 24.1 Å². The second-order valence-electron chi connectivity index (χ2n) is 6.68. The number of rotatable bonds is 8. The molecule has 26 heavy (non-hydrogen) atoms. The summed E-state index contributed by atoms with van der Waals surface area (Å²) >= 11 is 0. The van der Waals surface area contributed by atoms with Crippen LogP contribution in [0.15, 0.2) is 22.8 Å². The Labute approximate surface area is 152 Å². The zero-order valence-electron chi connectivity index (χ0n) is 15.3. The number of aromatic nitrogens is 1. The molecule has 0 saturated carbocycles. The van der Waals surface area contributed by atoms with Gasteiger partial charge in [0.15, 0.2) is 11.7 Å². The number of fused-ring (bicyclic) bond motifs is 1. The number of hydrogen-bond acceptors (Lipinski definition) is 5. The summed E-state index contributed by atoms with van der Waals surface area (Å²) in [6, 6.07) is 3.42. The Balaban J connectivity index is 1.64. The molecule has 0 spiro atoms. The molecule has 2 atom stereocenters. The molecular formula is C19H26N2O5. The monoisotopic (exact) mass is 362 g/mol. The summed E-state index contributed by atoms with van der Waals surface area (Å²) in [7, 11) is 1.77. The highest BCUT2D eigenvalue weighted by Crippen LogP contribution is 2.21. The SMILES string of the molecule is CCCC[C@@H](OC(=O)c1cc2occc2n1C)C(=O)NC[C@H]1CCCO1. The molecule has 0 unspecified atom stereocenters. The highest BCUT2D eigenvalue weighted by atomic mass is 16.5. The standard InChI is InChI=1S/C19H26N2O5/c1-3-4-7-16(18(22)20-12-13-6-5-9-24-13)26-19(23)15-11-17-14(21(15)2)8-10-25-17/h8,10-11,13,16H,3-7,9,12H2,1-2H3,(H,20,22)/t13-,16-/m1/s1. The van der Waals surface area contributed by atoms with Crippen molar-refractivity contribution < 1.29 is 23.5 Å². The maximum Gasteiger partial charge on any atom is 0.355 e. The van der Waals surface area contributed by atoms with Gasteiger partial charge < -0.3 is 23.8 Å². The lowest BCUT2D eigenvalue weighted by Gasteiger charge is -2.19. The van der Waals surface area contributed by atoms with Gasteiger partial charge in [-0.1, -0.05) is 13.3 Å². The van der Waals surface area contributed by atoms with E-state index in [1.807, 2.05) is 6.92 Å². The van der Waals surface area contributed by atoms with E-state index in [0.29, 0.717) is 24.2 Å². The molecule has 2 aromatic heterocycles. The third-order valence-electron chi connectivity index (χ3n) is 4.76. The van der Waals surface area contributed by atoms with Crippen molar-refractivity contribution in [3.8, 4) is 0 Å². The summed E-state index contributed by atoms with van der Waals surface area (Å²) < 4.78 is 18.1. The fraction of sp³-hybridized carbons (Fsp3) is 0.579. The number of nitrogens with one attached hydrogen (secondary N) is 1. The summed E-state index contributed by atoms with van der Waals surface area (Å²) in [5.41, 5.74) is 1.80. The summed E-state index contributed by atoms with van der Waals surface area (Å²) in [5, 5.41) is 2.86. The van der Waals surface area contributed by atoms with Gasteiger partial charge in [0.05, 0.1) is 17.9 Å². The van der Waals surface area contributed by atoms with Crippen LogP contribution in [0.25, 0.3) is 11.1 Å². The molecule has 7 nitrogen and oxygen atoms in total. The van der Waals surface area contributed by atoms with Gasteiger partial charge in [-0.05, 0) is 25.7 Å². The number of esters is 1. The first-order chi connectivity index (χ1) is 12.6. The number of ether oxygens (including phenoxy) is 2. The lowest BCUT2D eigenvalue weighted by molar-refractivity contribution is -0.130. The predicted octanol–water partition coefficient (Wildman–Crippen LogP) is 2.78. The number of furan rings is 1. The summed E-state index contributed by atoms with van der Waals surface area (Å²) in [6.45, 7) is 3.23. The average molecular weight is 362 g/mol. The van der Waals surface area contributed by atoms with E-state index >= 15 is 0 Å². The van der Waals surface area contributed by atoms with Gasteiger partial charge in [0, 0.05) is 32.3 Å². The molecule has 1 aliphatic heterocycles. The second kappa shape index (κ2) is 8.40. The molecule has 0 radical (unpaired) electrons. The molecule has 1 saturated heterocycles. The zero-order chi connectivity index (χ0) is 18.5. The van der Waals surface area contributed by atoms with Gasteiger partial charge in [-0.25, -0.2) is 4.79 Å². The third-order valence-corrected chi connectivity index (χ3v) is 4.76. The maximum absolute atomic E-state index is 12.6. The van der Waals surface area contributed by atoms with Crippen molar-refractivity contribution in [3.63, 3.8) is 0 Å². The third kappa shape index (κ3) is 4.09. The van der Waals surface area contributed by atoms with Crippen molar-refractivity contribution in [2.24, 2.45) is 7.05 Å². The molecule has 1 aliphatic rings. The van der Waals surface area contributed by atoms with Crippen LogP contribution in [0.5, 0.6) is 0 Å². The Morgan fingerprint density at radius 1 is 1.46 bits per heavy atom. The van der Waals surface area contributed by atoms with Gasteiger partial charge in [0.2, 0.25) is 0 Å². The van der Waals surface area contributed by atoms with Gasteiger partial charge in [-0.15, -0.1) is 0 Å². The smallest absolute Gasteiger partial charge is 0.355 e. The Kier molecular flexibility index (Phi) is 5.98. The number of amides is 1. The quantitative estimate of drug-likeness (QED) is 0.730. The number of carbonyl (C=O) groups is 2. The first-order valence-electron chi connectivity index (χ1n) is 9.23. The van der Waals surface area contributed by atoms with E-state index in [2.05, 4.69) is 5.32 Å². The van der Waals surface area contributed by atoms with E-state index in [-0.39, 0.29) is 12.0 Å². The maximum atomic E-state index is 12.6. The van der Waals surface area contributed by atoms with Gasteiger partial charge in [-0.3, -0.25) is 4.79 Å². The van der Waals surface area contributed by atoms with E-state index < -0.39 is 12.1 Å². The topological polar surface area (TPSA) is 82.7 Å². The largest absolute Gasteiger partial charge is 0.463 e. The van der Waals surface area contributed by atoms with Crippen LogP contribution in [0.1, 0.15) is 49.5 Å². The van der Waals surface area contributed by atoms with Crippen LogP contribution >= 0.6 is 0 Å². The molecule has 1 N–H and O–H groups in total. The minimum absolute atomic E-state index is 0.0567. The molecule has 3 heterocycles. The fourth-order valence-corrected chi connectivity index (χ4v) is 3.20. The first kappa shape index (κ1) is 18.5. The molecule has 1 amide bonds. The molecular weight excluding hydrogens is 336 g/mol. The highest BCUT2D eigenvalue weighted by molar-refractivity contribution is 5.95. The molecule has 0 bridgehead atoms. The fourth-order valence-electron chi connectivity index (χ4n) is 3.20. The van der Waals surface area contributed by atoms with E-state index in [1.165, 1.54) is 0 Å². The van der Waals surface area contributed by atoms with Crippen LogP contribution in [0, 0.1) is 0 Å². The number of hydrogen-bond donors (Lipinski definition) is 1.